The molecule has 1 aliphatic carbocycles. The van der Waals surface area contributed by atoms with Gasteiger partial charge in [0.15, 0.2) is 5.82 Å². The van der Waals surface area contributed by atoms with Gasteiger partial charge >= 0.3 is 6.01 Å². The average molecular weight is 636 g/mol. The minimum absolute atomic E-state index is 0.00246. The van der Waals surface area contributed by atoms with E-state index in [1.54, 1.807) is 21.9 Å². The fourth-order valence-electron chi connectivity index (χ4n) is 7.41. The summed E-state index contributed by atoms with van der Waals surface area (Å²) >= 11 is 0. The fraction of sp³-hybridized carbons (Fsp3) is 0.455. The maximum atomic E-state index is 17.1. The molecule has 3 aliphatic heterocycles. The molecule has 2 aromatic carbocycles. The van der Waals surface area contributed by atoms with E-state index in [1.807, 2.05) is 6.07 Å². The van der Waals surface area contributed by atoms with Crippen molar-refractivity contribution in [3.63, 3.8) is 0 Å². The number of nitrogens with zero attached hydrogens (tertiary/aromatic N) is 6. The third kappa shape index (κ3) is 4.49. The molecule has 1 saturated carbocycles. The number of nitrogens with two attached hydrogens (primary N) is 1. The highest BCUT2D eigenvalue weighted by molar-refractivity contribution is 6.05. The third-order valence-electron chi connectivity index (χ3n) is 9.61. The van der Waals surface area contributed by atoms with E-state index >= 15 is 8.78 Å². The standard InChI is InChI=1S/C33H32F3N7O3/c1-44-30-18(12-37)4-3-17-9-20(38)10-21(24(17)30)27-26(36)28-22(13-39-27)31(43-7-8-45-15-23-25(35)29(23)43)41-32(40-28)46-16-33-5-2-6-42(33)14-19(34)11-33/h3-4,9-10,13,19,23,25,29H,2,5-8,11,14-16,38H2,1H3/t19-,23+,25+,29+,33+/m1/s1/i1D2,16D2. The van der Waals surface area contributed by atoms with Gasteiger partial charge in [0.1, 0.15) is 47.7 Å². The first-order valence-corrected chi connectivity index (χ1v) is 15.1. The molecule has 5 atom stereocenters. The smallest absolute Gasteiger partial charge is 0.319 e. The number of hydrogen-bond acceptors (Lipinski definition) is 10. The van der Waals surface area contributed by atoms with Crippen molar-refractivity contribution >= 4 is 33.2 Å². The largest absolute Gasteiger partial charge is 0.495 e. The van der Waals surface area contributed by atoms with Crippen LogP contribution in [0.15, 0.2) is 30.5 Å². The number of halogens is 3. The van der Waals surface area contributed by atoms with Crippen molar-refractivity contribution in [2.75, 3.05) is 57.1 Å². The van der Waals surface area contributed by atoms with Crippen LogP contribution >= 0.6 is 0 Å². The lowest BCUT2D eigenvalue weighted by atomic mass is 9.95. The van der Waals surface area contributed by atoms with Crippen LogP contribution in [0.3, 0.4) is 0 Å². The monoisotopic (exact) mass is 635 g/mol. The van der Waals surface area contributed by atoms with Gasteiger partial charge in [0, 0.05) is 48.3 Å². The van der Waals surface area contributed by atoms with Crippen molar-refractivity contribution in [3.05, 3.63) is 41.8 Å². The number of nitrogen functional groups attached to an aromatic ring is 1. The number of fused-ring (bicyclic) bond motifs is 4. The van der Waals surface area contributed by atoms with Crippen molar-refractivity contribution in [3.8, 4) is 29.1 Å². The SMILES string of the molecule is [2H]C([2H])Oc1c(C#N)ccc2cc(N)cc(-c3ncc4c(N5CCOC[C@H]6[C@H](F)[C@H]65)nc(OC([2H])([2H])[C@@]56CCCN5C[C@H](F)C6)nc4c3F)c12. The van der Waals surface area contributed by atoms with Gasteiger partial charge in [-0.05, 0) is 43.0 Å². The zero-order valence-corrected chi connectivity index (χ0v) is 24.5. The number of methoxy groups -OCH3 is 1. The number of alkyl halides is 2. The number of anilines is 2. The Kier molecular flexibility index (Phi) is 5.84. The summed E-state index contributed by atoms with van der Waals surface area (Å²) in [5.74, 6) is -1.47. The van der Waals surface area contributed by atoms with Crippen LogP contribution in [0.4, 0.5) is 24.7 Å². The maximum Gasteiger partial charge on any atom is 0.319 e. The fourth-order valence-corrected chi connectivity index (χ4v) is 7.41. The number of pyridine rings is 1. The molecule has 2 N–H and O–H groups in total. The molecule has 4 aromatic rings. The molecule has 4 aliphatic rings. The Balaban J connectivity index is 1.33. The summed E-state index contributed by atoms with van der Waals surface area (Å²) in [5, 5.41) is 10.5. The molecule has 46 heavy (non-hydrogen) atoms. The molecule has 4 fully saturated rings. The van der Waals surface area contributed by atoms with Gasteiger partial charge in [-0.15, -0.1) is 0 Å². The first-order valence-electron chi connectivity index (χ1n) is 17.3. The van der Waals surface area contributed by atoms with E-state index in [0.717, 1.165) is 0 Å². The second-order valence-corrected chi connectivity index (χ2v) is 12.3. The Hall–Kier alpha value is -4.41. The molecule has 2 aromatic heterocycles. The van der Waals surface area contributed by atoms with Crippen LogP contribution in [-0.4, -0.2) is 90.2 Å². The van der Waals surface area contributed by atoms with E-state index < -0.39 is 55.3 Å². The molecular formula is C33H32F3N7O3. The molecule has 238 valence electrons. The molecule has 13 heteroatoms. The van der Waals surface area contributed by atoms with Crippen LogP contribution < -0.4 is 20.1 Å². The summed E-state index contributed by atoms with van der Waals surface area (Å²) in [6.07, 6.45) is -0.261. The lowest BCUT2D eigenvalue weighted by molar-refractivity contribution is 0.107. The van der Waals surface area contributed by atoms with E-state index in [-0.39, 0.29) is 83.1 Å². The summed E-state index contributed by atoms with van der Waals surface area (Å²) in [5.41, 5.74) is 4.66. The number of hydrogen-bond donors (Lipinski definition) is 1. The molecule has 0 amide bonds. The second-order valence-electron chi connectivity index (χ2n) is 12.3. The first-order chi connectivity index (χ1) is 23.9. The third-order valence-corrected chi connectivity index (χ3v) is 9.61. The Morgan fingerprint density at radius 2 is 2.17 bits per heavy atom. The first kappa shape index (κ1) is 24.8. The zero-order chi connectivity index (χ0) is 35.1. The molecular weight excluding hydrogens is 599 g/mol. The normalized spacial score (nSPS) is 29.0. The number of rotatable bonds is 6. The van der Waals surface area contributed by atoms with E-state index in [1.165, 1.54) is 18.3 Å². The van der Waals surface area contributed by atoms with Gasteiger partial charge < -0.3 is 24.8 Å². The van der Waals surface area contributed by atoms with Crippen molar-refractivity contribution < 1.29 is 32.9 Å². The highest BCUT2D eigenvalue weighted by Gasteiger charge is 2.56. The Labute approximate surface area is 268 Å². The molecule has 3 saturated heterocycles. The predicted octanol–water partition coefficient (Wildman–Crippen LogP) is 4.57. The van der Waals surface area contributed by atoms with Gasteiger partial charge in [0.2, 0.25) is 0 Å². The topological polar surface area (TPSA) is 123 Å². The van der Waals surface area contributed by atoms with E-state index in [9.17, 15) is 9.65 Å². The molecule has 0 bridgehead atoms. The number of nitriles is 1. The number of aromatic nitrogens is 3. The van der Waals surface area contributed by atoms with Crippen LogP contribution in [0, 0.1) is 23.1 Å². The number of benzene rings is 2. The minimum Gasteiger partial charge on any atom is -0.495 e. The van der Waals surface area contributed by atoms with Crippen molar-refractivity contribution in [1.29, 1.82) is 5.26 Å². The molecule has 0 radical (unpaired) electrons. The van der Waals surface area contributed by atoms with Gasteiger partial charge in [0.25, 0.3) is 0 Å². The molecule has 5 heterocycles. The van der Waals surface area contributed by atoms with Crippen LogP contribution in [0.25, 0.3) is 32.9 Å². The van der Waals surface area contributed by atoms with Crippen molar-refractivity contribution in [1.82, 2.24) is 19.9 Å². The summed E-state index contributed by atoms with van der Waals surface area (Å²) < 4.78 is 97.2. The average Bonchev–Trinajstić information content (AvgIpc) is 3.42. The summed E-state index contributed by atoms with van der Waals surface area (Å²) in [7, 11) is -1.82. The van der Waals surface area contributed by atoms with Crippen LogP contribution in [-0.2, 0) is 4.74 Å². The predicted molar refractivity (Wildman–Crippen MR) is 165 cm³/mol. The summed E-state index contributed by atoms with van der Waals surface area (Å²) in [4.78, 5) is 16.7. The van der Waals surface area contributed by atoms with Crippen molar-refractivity contribution in [2.45, 2.75) is 43.2 Å². The van der Waals surface area contributed by atoms with Crippen LogP contribution in [0.1, 0.15) is 30.3 Å². The summed E-state index contributed by atoms with van der Waals surface area (Å²) in [6.45, 7) is -1.28. The Bertz CT molecular complexity index is 2070. The zero-order valence-electron chi connectivity index (χ0n) is 28.5. The van der Waals surface area contributed by atoms with Crippen LogP contribution in [0.2, 0.25) is 0 Å². The molecule has 8 rings (SSSR count). The molecule has 0 unspecified atom stereocenters. The van der Waals surface area contributed by atoms with E-state index in [2.05, 4.69) is 15.0 Å². The van der Waals surface area contributed by atoms with Gasteiger partial charge in [-0.3, -0.25) is 9.88 Å². The molecule has 10 nitrogen and oxygen atoms in total. The van der Waals surface area contributed by atoms with Crippen LogP contribution in [0.5, 0.6) is 11.8 Å². The highest BCUT2D eigenvalue weighted by Crippen LogP contribution is 2.46. The van der Waals surface area contributed by atoms with Gasteiger partial charge in [-0.1, -0.05) is 6.07 Å². The lowest BCUT2D eigenvalue weighted by Crippen LogP contribution is -2.43. The van der Waals surface area contributed by atoms with Gasteiger partial charge in [-0.2, -0.15) is 15.2 Å². The molecule has 0 spiro atoms. The minimum atomic E-state index is -2.48. The van der Waals surface area contributed by atoms with Gasteiger partial charge in [0.05, 0.1) is 48.3 Å². The maximum absolute atomic E-state index is 17.1. The van der Waals surface area contributed by atoms with E-state index in [4.69, 9.17) is 25.4 Å². The quantitative estimate of drug-likeness (QED) is 0.302. The second kappa shape index (κ2) is 10.8. The van der Waals surface area contributed by atoms with E-state index in [0.29, 0.717) is 24.8 Å². The van der Waals surface area contributed by atoms with Gasteiger partial charge in [-0.25, -0.2) is 13.2 Å². The lowest BCUT2D eigenvalue weighted by Gasteiger charge is -2.31. The highest BCUT2D eigenvalue weighted by atomic mass is 19.1. The Morgan fingerprint density at radius 3 is 3.02 bits per heavy atom. The number of ether oxygens (including phenoxy) is 3. The summed E-state index contributed by atoms with van der Waals surface area (Å²) in [6, 6.07) is 6.85. The van der Waals surface area contributed by atoms with Crippen molar-refractivity contribution in [2.24, 2.45) is 5.92 Å². The Morgan fingerprint density at radius 1 is 1.28 bits per heavy atom.